The van der Waals surface area contributed by atoms with Crippen LogP contribution >= 0.6 is 0 Å². The molecule has 0 aliphatic carbocycles. The van der Waals surface area contributed by atoms with E-state index < -0.39 is 63.0 Å². The smallest absolute Gasteiger partial charge is 0.295 e. The van der Waals surface area contributed by atoms with Crippen molar-refractivity contribution in [3.63, 3.8) is 0 Å². The summed E-state index contributed by atoms with van der Waals surface area (Å²) >= 11 is 0. The molecule has 0 heterocycles. The molecule has 0 radical (unpaired) electrons. The van der Waals surface area contributed by atoms with Gasteiger partial charge >= 0.3 is 24.7 Å². The number of carbonyl (C=O) groups is 2. The molecule has 0 spiro atoms. The predicted molar refractivity (Wildman–Crippen MR) is 214 cm³/mol. The Labute approximate surface area is 348 Å². The molecule has 324 valence electrons. The molecule has 62 heavy (non-hydrogen) atoms. The zero-order valence-corrected chi connectivity index (χ0v) is 33.2. The zero-order valence-electron chi connectivity index (χ0n) is 32.4. The van der Waals surface area contributed by atoms with Crippen LogP contribution in [0.25, 0.3) is 0 Å². The summed E-state index contributed by atoms with van der Waals surface area (Å²) in [6.45, 7) is 1.48. The van der Waals surface area contributed by atoms with Crippen LogP contribution in [0.1, 0.15) is 49.9 Å². The molecule has 6 aromatic carbocycles. The minimum Gasteiger partial charge on any atom is -0.295 e. The van der Waals surface area contributed by atoms with Gasteiger partial charge in [0.05, 0.1) is 22.3 Å². The molecule has 1 unspecified atom stereocenters. The van der Waals surface area contributed by atoms with Gasteiger partial charge in [-0.3, -0.25) is 9.59 Å². The Bertz CT molecular complexity index is 2300. The van der Waals surface area contributed by atoms with Gasteiger partial charge in [0, 0.05) is 11.1 Å². The lowest BCUT2D eigenvalue weighted by Crippen LogP contribution is -2.74. The molecule has 1 atom stereocenters. The van der Waals surface area contributed by atoms with Gasteiger partial charge in [-0.1, -0.05) is 132 Å². The first-order valence-electron chi connectivity index (χ1n) is 18.3. The minimum atomic E-state index is -4.77. The van der Waals surface area contributed by atoms with Crippen molar-refractivity contribution in [3.8, 4) is 0 Å². The van der Waals surface area contributed by atoms with Gasteiger partial charge in [-0.15, -0.1) is 0 Å². The highest BCUT2D eigenvalue weighted by molar-refractivity contribution is 8.03. The zero-order chi connectivity index (χ0) is 45.9. The number of ketones is 2. The highest BCUT2D eigenvalue weighted by Crippen LogP contribution is 2.32. The minimum absolute atomic E-state index is 0.0114. The number of Topliss-reactive ketones (excluding diaryl/α,β-unsaturated/α-hetero) is 2. The van der Waals surface area contributed by atoms with Crippen LogP contribution in [0, 0.1) is 0 Å². The summed E-state index contributed by atoms with van der Waals surface area (Å²) in [6, 6.07) is 29.0. The Morgan fingerprint density at radius 1 is 0.435 bits per heavy atom. The third-order valence-corrected chi connectivity index (χ3v) is 12.3. The molecule has 0 saturated carbocycles. The van der Waals surface area contributed by atoms with E-state index in [1.54, 1.807) is 54.8 Å². The summed E-state index contributed by atoms with van der Waals surface area (Å²) in [5, 5.41) is 0. The fourth-order valence-corrected chi connectivity index (χ4v) is 8.56. The van der Waals surface area contributed by atoms with Crippen LogP contribution in [-0.2, 0) is 38.8 Å². The van der Waals surface area contributed by atoms with Crippen molar-refractivity contribution in [1.29, 1.82) is 0 Å². The molecule has 17 heteroatoms. The van der Waals surface area contributed by atoms with E-state index in [1.807, 2.05) is 6.07 Å². The van der Waals surface area contributed by atoms with Gasteiger partial charge in [0.2, 0.25) is 5.78 Å². The first kappa shape index (κ1) is 47.1. The summed E-state index contributed by atoms with van der Waals surface area (Å²) in [6.07, 6.45) is -20.4. The maximum Gasteiger partial charge on any atom is 0.416 e. The van der Waals surface area contributed by atoms with E-state index in [0.717, 1.165) is 48.5 Å². The Morgan fingerprint density at radius 3 is 0.984 bits per heavy atom. The molecule has 6 aromatic rings. The number of hydrogen-bond donors (Lipinski definition) is 0. The topological polar surface area (TPSA) is 51.2 Å². The normalized spacial score (nSPS) is 13.4. The lowest BCUT2D eigenvalue weighted by molar-refractivity contribution is -0.138. The molecule has 0 bridgehead atoms. The molecule has 0 aliphatic rings. The fraction of sp³-hybridized carbons (Fsp3) is 0.156. The van der Waals surface area contributed by atoms with Crippen LogP contribution in [0.15, 0.2) is 157 Å². The number of benzene rings is 6. The van der Waals surface area contributed by atoms with Gasteiger partial charge in [-0.25, -0.2) is 0 Å². The SMILES string of the molecule is CC(=O)c1ccc([S+](C)(=O)CC(=O)c2ccccc2)cc1.FC(F)(F)c1ccc([B-](c2ccc(C(F)(F)F)cc2)(c2ccc(C(F)(F)F)cc2)c2ccc(C(F)(F)F)cc2)cc1. The molecule has 6 rings (SSSR count). The second kappa shape index (κ2) is 17.8. The van der Waals surface area contributed by atoms with E-state index in [4.69, 9.17) is 0 Å². The highest BCUT2D eigenvalue weighted by atomic mass is 32.2. The van der Waals surface area contributed by atoms with Gasteiger partial charge in [0.15, 0.2) is 16.4 Å². The molecule has 0 N–H and O–H groups in total. The summed E-state index contributed by atoms with van der Waals surface area (Å²) < 4.78 is 173. The Morgan fingerprint density at radius 2 is 0.726 bits per heavy atom. The molecule has 0 fully saturated rings. The van der Waals surface area contributed by atoms with E-state index in [9.17, 15) is 66.5 Å². The van der Waals surface area contributed by atoms with Gasteiger partial charge in [-0.05, 0) is 31.2 Å². The maximum atomic E-state index is 13.3. The molecular formula is C45H33BF12O3S. The predicted octanol–water partition coefficient (Wildman–Crippen LogP) is 10.4. The van der Waals surface area contributed by atoms with Crippen molar-refractivity contribution >= 4 is 49.5 Å². The van der Waals surface area contributed by atoms with Crippen molar-refractivity contribution in [2.45, 2.75) is 36.5 Å². The standard InChI is InChI=1S/C28H16BF12.C17H17O3S/c30-25(31,32)17-1-9-21(10-2-17)29(22-11-3-18(4-12-22)26(33,34)35,23-13-5-19(6-14-23)27(36,37)38)24-15-7-20(8-16-24)28(39,40)41;1-13(18)14-8-10-16(11-9-14)21(2,20)12-17(19)15-6-4-3-5-7-15/h1-16H;3-11H,12H2,1-2H3/q-1;+1. The van der Waals surface area contributed by atoms with Crippen molar-refractivity contribution < 1.29 is 66.5 Å². The largest absolute Gasteiger partial charge is 0.416 e. The van der Waals surface area contributed by atoms with E-state index in [2.05, 4.69) is 0 Å². The van der Waals surface area contributed by atoms with E-state index in [1.165, 1.54) is 6.92 Å². The van der Waals surface area contributed by atoms with Gasteiger partial charge < -0.3 is 0 Å². The summed E-state index contributed by atoms with van der Waals surface area (Å²) in [5.41, 5.74) is -3.16. The van der Waals surface area contributed by atoms with Gasteiger partial charge in [-0.2, -0.15) is 74.5 Å². The van der Waals surface area contributed by atoms with Crippen LogP contribution in [0.4, 0.5) is 52.7 Å². The van der Waals surface area contributed by atoms with Crippen molar-refractivity contribution in [1.82, 2.24) is 0 Å². The van der Waals surface area contributed by atoms with Crippen LogP contribution in [0.5, 0.6) is 0 Å². The molecule has 0 saturated heterocycles. The van der Waals surface area contributed by atoms with Gasteiger partial charge in [0.1, 0.15) is 22.3 Å². The first-order valence-corrected chi connectivity index (χ1v) is 20.4. The molecule has 0 amide bonds. The van der Waals surface area contributed by atoms with Crippen molar-refractivity contribution in [2.24, 2.45) is 0 Å². The molecule has 0 aromatic heterocycles. The first-order chi connectivity index (χ1) is 28.7. The Balaban J connectivity index is 0.000000290. The van der Waals surface area contributed by atoms with E-state index in [0.29, 0.717) is 64.6 Å². The second-order valence-corrected chi connectivity index (χ2v) is 17.1. The average Bonchev–Trinajstić information content (AvgIpc) is 3.21. The number of carbonyl (C=O) groups excluding carboxylic acids is 2. The number of hydrogen-bond acceptors (Lipinski definition) is 3. The number of halogens is 12. The van der Waals surface area contributed by atoms with Crippen molar-refractivity contribution in [3.05, 3.63) is 185 Å². The summed E-state index contributed by atoms with van der Waals surface area (Å²) in [5.74, 6) is -0.209. The van der Waals surface area contributed by atoms with E-state index >= 15 is 0 Å². The summed E-state index contributed by atoms with van der Waals surface area (Å²) in [7, 11) is -2.46. The molecule has 3 nitrogen and oxygen atoms in total. The lowest BCUT2D eigenvalue weighted by atomic mass is 9.13. The average molecular weight is 893 g/mol. The number of alkyl halides is 12. The van der Waals surface area contributed by atoms with Crippen molar-refractivity contribution in [2.75, 3.05) is 12.0 Å². The summed E-state index contributed by atoms with van der Waals surface area (Å²) in [4.78, 5) is 24.0. The quantitative estimate of drug-likeness (QED) is 0.0629. The van der Waals surface area contributed by atoms with E-state index in [-0.39, 0.29) is 39.2 Å². The van der Waals surface area contributed by atoms with Crippen LogP contribution in [0.2, 0.25) is 0 Å². The van der Waals surface area contributed by atoms with Crippen LogP contribution < -0.4 is 21.9 Å². The highest BCUT2D eigenvalue weighted by Gasteiger charge is 2.38. The Hall–Kier alpha value is -5.97. The van der Waals surface area contributed by atoms with Gasteiger partial charge in [0.25, 0.3) is 0 Å². The fourth-order valence-electron chi connectivity index (χ4n) is 7.02. The second-order valence-electron chi connectivity index (χ2n) is 14.4. The maximum absolute atomic E-state index is 13.3. The third kappa shape index (κ3) is 10.7. The third-order valence-electron chi connectivity index (χ3n) is 10.2. The van der Waals surface area contributed by atoms with Crippen LogP contribution in [-0.4, -0.2) is 29.7 Å². The monoisotopic (exact) mass is 892 g/mol. The number of rotatable bonds is 9. The molecule has 0 aliphatic heterocycles. The lowest BCUT2D eigenvalue weighted by Gasteiger charge is -2.44. The molecular weight excluding hydrogens is 859 g/mol. The Kier molecular flexibility index (Phi) is 13.5. The van der Waals surface area contributed by atoms with Crippen LogP contribution in [0.3, 0.4) is 0 Å².